The van der Waals surface area contributed by atoms with Crippen LogP contribution in [0.5, 0.6) is 0 Å². The van der Waals surface area contributed by atoms with Crippen LogP contribution in [0.15, 0.2) is 24.3 Å². The summed E-state index contributed by atoms with van der Waals surface area (Å²) in [5.74, 6) is -0.0129. The molecule has 1 aliphatic heterocycles. The molecule has 2 amide bonds. The lowest BCUT2D eigenvalue weighted by Gasteiger charge is -2.19. The molecule has 1 N–H and O–H groups in total. The number of nitrogens with one attached hydrogen (secondary N) is 1. The quantitative estimate of drug-likeness (QED) is 0.820. The number of carbonyl (C=O) groups excluding carboxylic acids is 2. The fourth-order valence-electron chi connectivity index (χ4n) is 2.56. The number of nitrogens with zero attached hydrogens (tertiary/aromatic N) is 1. The maximum absolute atomic E-state index is 12.1. The Morgan fingerprint density at radius 3 is 2.91 bits per heavy atom. The Morgan fingerprint density at radius 2 is 2.23 bits per heavy atom. The Hall–Kier alpha value is -1.88. The fourth-order valence-corrected chi connectivity index (χ4v) is 2.56. The summed E-state index contributed by atoms with van der Waals surface area (Å²) >= 11 is 0. The minimum atomic E-state index is -0.159. The van der Waals surface area contributed by atoms with Gasteiger partial charge in [0.1, 0.15) is 0 Å². The van der Waals surface area contributed by atoms with Crippen molar-refractivity contribution in [3.8, 4) is 0 Å². The third-order valence-corrected chi connectivity index (χ3v) is 3.91. The van der Waals surface area contributed by atoms with Crippen LogP contribution in [0.3, 0.4) is 0 Å². The zero-order chi connectivity index (χ0) is 15.9. The summed E-state index contributed by atoms with van der Waals surface area (Å²) < 4.78 is 5.58. The number of anilines is 1. The number of ketones is 1. The van der Waals surface area contributed by atoms with Crippen LogP contribution in [0, 0.1) is 0 Å². The summed E-state index contributed by atoms with van der Waals surface area (Å²) in [6, 6.07) is 6.82. The van der Waals surface area contributed by atoms with E-state index in [-0.39, 0.29) is 11.8 Å². The molecule has 0 bridgehead atoms. The van der Waals surface area contributed by atoms with Crippen LogP contribution in [0.4, 0.5) is 10.5 Å². The molecule has 0 aliphatic carbocycles. The van der Waals surface area contributed by atoms with E-state index in [9.17, 15) is 9.59 Å². The van der Waals surface area contributed by atoms with E-state index >= 15 is 0 Å². The zero-order valence-electron chi connectivity index (χ0n) is 13.3. The van der Waals surface area contributed by atoms with Crippen LogP contribution < -0.4 is 5.32 Å². The Kier molecular flexibility index (Phi) is 5.95. The number of rotatable bonds is 6. The summed E-state index contributed by atoms with van der Waals surface area (Å²) in [5, 5.41) is 2.82. The predicted molar refractivity (Wildman–Crippen MR) is 86.3 cm³/mol. The van der Waals surface area contributed by atoms with Crippen LogP contribution in [-0.4, -0.2) is 43.0 Å². The second kappa shape index (κ2) is 7.94. The number of hydrogen-bond donors (Lipinski definition) is 1. The monoisotopic (exact) mass is 304 g/mol. The van der Waals surface area contributed by atoms with E-state index in [0.717, 1.165) is 32.3 Å². The first-order valence-corrected chi connectivity index (χ1v) is 7.81. The first-order chi connectivity index (χ1) is 10.6. The van der Waals surface area contributed by atoms with Crippen LogP contribution in [0.1, 0.15) is 43.0 Å². The molecule has 1 atom stereocenters. The van der Waals surface area contributed by atoms with Crippen molar-refractivity contribution in [3.63, 3.8) is 0 Å². The average Bonchev–Trinajstić information content (AvgIpc) is 3.00. The van der Waals surface area contributed by atoms with Crippen LogP contribution in [0.25, 0.3) is 0 Å². The number of hydrogen-bond acceptors (Lipinski definition) is 3. The molecule has 22 heavy (non-hydrogen) atoms. The van der Waals surface area contributed by atoms with Crippen LogP contribution in [0.2, 0.25) is 0 Å². The Morgan fingerprint density at radius 1 is 1.41 bits per heavy atom. The molecule has 0 radical (unpaired) electrons. The molecule has 0 saturated carbocycles. The lowest BCUT2D eigenvalue weighted by atomic mass is 10.1. The molecule has 120 valence electrons. The summed E-state index contributed by atoms with van der Waals surface area (Å²) in [4.78, 5) is 25.1. The molecule has 1 aromatic rings. The van der Waals surface area contributed by atoms with Gasteiger partial charge in [0.25, 0.3) is 0 Å². The van der Waals surface area contributed by atoms with Crippen molar-refractivity contribution in [2.75, 3.05) is 25.5 Å². The zero-order valence-corrected chi connectivity index (χ0v) is 13.3. The van der Waals surface area contributed by atoms with Crippen LogP contribution in [-0.2, 0) is 4.74 Å². The van der Waals surface area contributed by atoms with Crippen molar-refractivity contribution in [2.45, 2.75) is 38.7 Å². The third-order valence-electron chi connectivity index (χ3n) is 3.91. The number of carbonyl (C=O) groups is 2. The van der Waals surface area contributed by atoms with Gasteiger partial charge in [-0.25, -0.2) is 4.79 Å². The third kappa shape index (κ3) is 4.84. The predicted octanol–water partition coefficient (Wildman–Crippen LogP) is 3.31. The van der Waals surface area contributed by atoms with Crippen molar-refractivity contribution >= 4 is 17.5 Å². The molecule has 1 heterocycles. The van der Waals surface area contributed by atoms with Crippen molar-refractivity contribution in [3.05, 3.63) is 29.8 Å². The summed E-state index contributed by atoms with van der Waals surface area (Å²) in [6.07, 6.45) is 4.57. The van der Waals surface area contributed by atoms with Gasteiger partial charge < -0.3 is 15.0 Å². The Labute approximate surface area is 131 Å². The highest BCUT2D eigenvalue weighted by molar-refractivity contribution is 5.96. The van der Waals surface area contributed by atoms with Crippen molar-refractivity contribution in [1.82, 2.24) is 4.90 Å². The van der Waals surface area contributed by atoms with E-state index in [4.69, 9.17) is 4.74 Å². The summed E-state index contributed by atoms with van der Waals surface area (Å²) in [5.41, 5.74) is 1.24. The normalized spacial score (nSPS) is 17.3. The highest BCUT2D eigenvalue weighted by Gasteiger charge is 2.16. The van der Waals surface area contributed by atoms with Gasteiger partial charge in [-0.3, -0.25) is 4.79 Å². The van der Waals surface area contributed by atoms with Crippen LogP contribution >= 0.6 is 0 Å². The molecule has 1 saturated heterocycles. The minimum absolute atomic E-state index is 0.0129. The highest BCUT2D eigenvalue weighted by Crippen LogP contribution is 2.17. The van der Waals surface area contributed by atoms with E-state index in [0.29, 0.717) is 23.9 Å². The number of ether oxygens (including phenoxy) is 1. The van der Waals surface area contributed by atoms with Crippen molar-refractivity contribution in [1.29, 1.82) is 0 Å². The van der Waals surface area contributed by atoms with Gasteiger partial charge in [-0.2, -0.15) is 0 Å². The van der Waals surface area contributed by atoms with E-state index < -0.39 is 0 Å². The first-order valence-electron chi connectivity index (χ1n) is 7.81. The van der Waals surface area contributed by atoms with Gasteiger partial charge in [-0.1, -0.05) is 12.1 Å². The van der Waals surface area contributed by atoms with Gasteiger partial charge in [0.15, 0.2) is 5.78 Å². The lowest BCUT2D eigenvalue weighted by molar-refractivity contribution is 0.100. The van der Waals surface area contributed by atoms with Gasteiger partial charge in [-0.15, -0.1) is 0 Å². The standard InChI is InChI=1S/C17H24N2O3/c1-13(20)14-6-3-7-15(12-14)18-17(21)19(2)10-4-8-16-9-5-11-22-16/h3,6-7,12,16H,4-5,8-11H2,1-2H3,(H,18,21). The maximum atomic E-state index is 12.1. The lowest BCUT2D eigenvalue weighted by Crippen LogP contribution is -2.32. The van der Waals surface area contributed by atoms with E-state index in [1.807, 2.05) is 0 Å². The Balaban J connectivity index is 1.77. The van der Waals surface area contributed by atoms with E-state index in [1.54, 1.807) is 36.2 Å². The topological polar surface area (TPSA) is 58.6 Å². The van der Waals surface area contributed by atoms with Crippen molar-refractivity contribution in [2.24, 2.45) is 0 Å². The number of Topliss-reactive ketones (excluding diaryl/α,β-unsaturated/α-hetero) is 1. The highest BCUT2D eigenvalue weighted by atomic mass is 16.5. The molecule has 5 nitrogen and oxygen atoms in total. The van der Waals surface area contributed by atoms with E-state index in [1.165, 1.54) is 6.92 Å². The molecule has 1 aliphatic rings. The second-order valence-electron chi connectivity index (χ2n) is 5.77. The maximum Gasteiger partial charge on any atom is 0.321 e. The average molecular weight is 304 g/mol. The smallest absolute Gasteiger partial charge is 0.321 e. The molecule has 5 heteroatoms. The number of urea groups is 1. The molecule has 0 aromatic heterocycles. The van der Waals surface area contributed by atoms with E-state index in [2.05, 4.69) is 5.32 Å². The molecule has 1 aromatic carbocycles. The second-order valence-corrected chi connectivity index (χ2v) is 5.77. The molecule has 1 unspecified atom stereocenters. The van der Waals surface area contributed by atoms with Gasteiger partial charge in [0.2, 0.25) is 0 Å². The minimum Gasteiger partial charge on any atom is -0.378 e. The molecular formula is C17H24N2O3. The molecular weight excluding hydrogens is 280 g/mol. The van der Waals surface area contributed by atoms with Gasteiger partial charge in [0.05, 0.1) is 6.10 Å². The number of amides is 2. The van der Waals surface area contributed by atoms with Crippen molar-refractivity contribution < 1.29 is 14.3 Å². The SMILES string of the molecule is CC(=O)c1cccc(NC(=O)N(C)CCCC2CCCO2)c1. The fraction of sp³-hybridized carbons (Fsp3) is 0.529. The molecule has 2 rings (SSSR count). The van der Waals surface area contributed by atoms with Gasteiger partial charge in [0, 0.05) is 31.5 Å². The summed E-state index contributed by atoms with van der Waals surface area (Å²) in [6.45, 7) is 3.07. The molecule has 0 spiro atoms. The largest absolute Gasteiger partial charge is 0.378 e. The Bertz CT molecular complexity index is 524. The van der Waals surface area contributed by atoms with Gasteiger partial charge >= 0.3 is 6.03 Å². The number of benzene rings is 1. The molecule has 1 fully saturated rings. The summed E-state index contributed by atoms with van der Waals surface area (Å²) in [7, 11) is 1.78. The first kappa shape index (κ1) is 16.5. The van der Waals surface area contributed by atoms with Gasteiger partial charge in [-0.05, 0) is 44.7 Å².